The maximum atomic E-state index is 2.61. The number of benzene rings is 1. The highest BCUT2D eigenvalue weighted by Crippen LogP contribution is 2.73. The van der Waals surface area contributed by atoms with Gasteiger partial charge in [0.1, 0.15) is 0 Å². The van der Waals surface area contributed by atoms with Crippen molar-refractivity contribution in [3.05, 3.63) is 35.9 Å². The maximum Gasteiger partial charge on any atom is 0.0509 e. The first-order chi connectivity index (χ1) is 9.03. The van der Waals surface area contributed by atoms with Crippen LogP contribution < -0.4 is 0 Å². The van der Waals surface area contributed by atoms with Gasteiger partial charge in [0.2, 0.25) is 0 Å². The van der Waals surface area contributed by atoms with Crippen molar-refractivity contribution < 1.29 is 0 Å². The molecule has 0 spiro atoms. The lowest BCUT2D eigenvalue weighted by Crippen LogP contribution is -2.32. The summed E-state index contributed by atoms with van der Waals surface area (Å²) >= 11 is 0. The van der Waals surface area contributed by atoms with E-state index in [1.807, 2.05) is 0 Å². The molecular weight excluding hydrogens is 244 g/mol. The van der Waals surface area contributed by atoms with E-state index in [0.717, 1.165) is 16.9 Å². The summed E-state index contributed by atoms with van der Waals surface area (Å²) in [5, 5.41) is 0.808. The van der Waals surface area contributed by atoms with E-state index in [9.17, 15) is 0 Å². The molecule has 1 heteroatoms. The zero-order valence-corrected chi connectivity index (χ0v) is 13.8. The first kappa shape index (κ1) is 13.4. The lowest BCUT2D eigenvalue weighted by Gasteiger charge is -2.31. The van der Waals surface area contributed by atoms with E-state index in [0.29, 0.717) is 0 Å². The van der Waals surface area contributed by atoms with Crippen molar-refractivity contribution in [1.29, 1.82) is 0 Å². The summed E-state index contributed by atoms with van der Waals surface area (Å²) in [7, 11) is -0.998. The quantitative estimate of drug-likeness (QED) is 0.636. The Hall–Kier alpha value is -0.563. The molecule has 19 heavy (non-hydrogen) atoms. The summed E-state index contributed by atoms with van der Waals surface area (Å²) in [6.07, 6.45) is 8.87. The van der Waals surface area contributed by atoms with Gasteiger partial charge in [0, 0.05) is 0 Å². The van der Waals surface area contributed by atoms with Crippen molar-refractivity contribution >= 4 is 8.07 Å². The van der Waals surface area contributed by atoms with Gasteiger partial charge in [-0.15, -0.1) is 0 Å². The second-order valence-corrected chi connectivity index (χ2v) is 13.4. The van der Waals surface area contributed by atoms with Crippen molar-refractivity contribution in [1.82, 2.24) is 0 Å². The van der Waals surface area contributed by atoms with Crippen molar-refractivity contribution in [2.24, 2.45) is 11.8 Å². The van der Waals surface area contributed by atoms with Crippen LogP contribution in [0, 0.1) is 11.8 Å². The second kappa shape index (κ2) is 4.77. The Bertz CT molecular complexity index is 431. The third-order valence-corrected chi connectivity index (χ3v) is 9.80. The summed E-state index contributed by atoms with van der Waals surface area (Å²) in [4.78, 5) is 0. The Labute approximate surface area is 119 Å². The Morgan fingerprint density at radius 2 is 1.84 bits per heavy atom. The third kappa shape index (κ3) is 2.42. The molecule has 0 amide bonds. The lowest BCUT2D eigenvalue weighted by atomic mass is 9.91. The molecule has 0 bridgehead atoms. The Balaban J connectivity index is 1.76. The summed E-state index contributed by atoms with van der Waals surface area (Å²) in [5.41, 5.74) is 1.56. The van der Waals surface area contributed by atoms with Crippen molar-refractivity contribution in [2.45, 2.75) is 63.2 Å². The van der Waals surface area contributed by atoms with E-state index in [4.69, 9.17) is 0 Å². The molecule has 2 aliphatic carbocycles. The van der Waals surface area contributed by atoms with Gasteiger partial charge in [0.25, 0.3) is 0 Å². The summed E-state index contributed by atoms with van der Waals surface area (Å²) in [6, 6.07) is 11.2. The van der Waals surface area contributed by atoms with Gasteiger partial charge in [-0.05, 0) is 48.1 Å². The zero-order chi connectivity index (χ0) is 13.5. The molecule has 1 aromatic rings. The average Bonchev–Trinajstić information content (AvgIpc) is 3.10. The fourth-order valence-corrected chi connectivity index (χ4v) is 7.79. The molecule has 1 aromatic carbocycles. The van der Waals surface area contributed by atoms with E-state index in [2.05, 4.69) is 50.0 Å². The van der Waals surface area contributed by atoms with Crippen LogP contribution in [-0.4, -0.2) is 8.07 Å². The number of hydrogen-bond donors (Lipinski definition) is 0. The van der Waals surface area contributed by atoms with Gasteiger partial charge in [0.05, 0.1) is 8.07 Å². The first-order valence-corrected chi connectivity index (χ1v) is 11.6. The molecular formula is C18H28Si. The highest BCUT2D eigenvalue weighted by Gasteiger charge is 2.63. The standard InChI is InChI=1S/C18H28Si/c1-19(2,3)18-12-8-7-11-16(17(18)14-18)13-15-9-5-4-6-10-15/h4-6,9-10,16-17H,7-8,11-14H2,1-3H3. The molecule has 2 fully saturated rings. The highest BCUT2D eigenvalue weighted by atomic mass is 28.3. The van der Waals surface area contributed by atoms with Gasteiger partial charge in [-0.1, -0.05) is 62.8 Å². The molecule has 104 valence electrons. The van der Waals surface area contributed by atoms with E-state index < -0.39 is 8.07 Å². The number of hydrogen-bond acceptors (Lipinski definition) is 0. The molecule has 3 atom stereocenters. The predicted molar refractivity (Wildman–Crippen MR) is 86.3 cm³/mol. The van der Waals surface area contributed by atoms with E-state index in [1.165, 1.54) is 25.7 Å². The largest absolute Gasteiger partial charge is 0.0691 e. The maximum absolute atomic E-state index is 2.61. The monoisotopic (exact) mass is 272 g/mol. The fraction of sp³-hybridized carbons (Fsp3) is 0.667. The van der Waals surface area contributed by atoms with Crippen LogP contribution in [0.15, 0.2) is 30.3 Å². The zero-order valence-electron chi connectivity index (χ0n) is 12.8. The molecule has 0 nitrogen and oxygen atoms in total. The van der Waals surface area contributed by atoms with Gasteiger partial charge in [-0.3, -0.25) is 0 Å². The normalized spacial score (nSPS) is 34.5. The van der Waals surface area contributed by atoms with Crippen molar-refractivity contribution in [2.75, 3.05) is 0 Å². The summed E-state index contributed by atoms with van der Waals surface area (Å²) in [6.45, 7) is 7.83. The molecule has 3 unspecified atom stereocenters. The smallest absolute Gasteiger partial charge is 0.0509 e. The van der Waals surface area contributed by atoms with Gasteiger partial charge in [-0.25, -0.2) is 0 Å². The average molecular weight is 273 g/mol. The fourth-order valence-electron chi connectivity index (χ4n) is 4.69. The minimum absolute atomic E-state index is 0.808. The van der Waals surface area contributed by atoms with Crippen LogP contribution in [0.25, 0.3) is 0 Å². The summed E-state index contributed by atoms with van der Waals surface area (Å²) < 4.78 is 0. The van der Waals surface area contributed by atoms with Gasteiger partial charge >= 0.3 is 0 Å². The minimum Gasteiger partial charge on any atom is -0.0691 e. The Morgan fingerprint density at radius 1 is 1.11 bits per heavy atom. The van der Waals surface area contributed by atoms with Crippen LogP contribution in [0.3, 0.4) is 0 Å². The highest BCUT2D eigenvalue weighted by molar-refractivity contribution is 6.80. The first-order valence-electron chi connectivity index (χ1n) is 8.07. The number of rotatable bonds is 3. The van der Waals surface area contributed by atoms with Crippen LogP contribution in [0.4, 0.5) is 0 Å². The van der Waals surface area contributed by atoms with Crippen LogP contribution >= 0.6 is 0 Å². The molecule has 0 heterocycles. The van der Waals surface area contributed by atoms with E-state index in [-0.39, 0.29) is 0 Å². The SMILES string of the molecule is C[Si](C)(C)C12CCCCC(Cc3ccccc3)C1C2. The molecule has 0 aliphatic heterocycles. The summed E-state index contributed by atoms with van der Waals surface area (Å²) in [5.74, 6) is 2.03. The molecule has 2 saturated carbocycles. The minimum atomic E-state index is -0.998. The number of fused-ring (bicyclic) bond motifs is 1. The topological polar surface area (TPSA) is 0 Å². The van der Waals surface area contributed by atoms with Gasteiger partial charge in [0.15, 0.2) is 0 Å². The molecule has 0 radical (unpaired) electrons. The van der Waals surface area contributed by atoms with Gasteiger partial charge in [-0.2, -0.15) is 0 Å². The molecule has 2 aliphatic rings. The van der Waals surface area contributed by atoms with E-state index >= 15 is 0 Å². The van der Waals surface area contributed by atoms with Crippen LogP contribution in [0.1, 0.15) is 37.7 Å². The van der Waals surface area contributed by atoms with E-state index in [1.54, 1.807) is 18.4 Å². The molecule has 0 saturated heterocycles. The van der Waals surface area contributed by atoms with Crippen molar-refractivity contribution in [3.63, 3.8) is 0 Å². The van der Waals surface area contributed by atoms with Crippen molar-refractivity contribution in [3.8, 4) is 0 Å². The van der Waals surface area contributed by atoms with Crippen LogP contribution in [0.5, 0.6) is 0 Å². The Morgan fingerprint density at radius 3 is 2.53 bits per heavy atom. The third-order valence-electron chi connectivity index (χ3n) is 5.99. The van der Waals surface area contributed by atoms with Crippen LogP contribution in [-0.2, 0) is 6.42 Å². The molecule has 0 aromatic heterocycles. The van der Waals surface area contributed by atoms with Crippen LogP contribution in [0.2, 0.25) is 24.7 Å². The molecule has 0 N–H and O–H groups in total. The second-order valence-electron chi connectivity index (χ2n) is 7.91. The van der Waals surface area contributed by atoms with Gasteiger partial charge < -0.3 is 0 Å². The molecule has 3 rings (SSSR count). The predicted octanol–water partition coefficient (Wildman–Crippen LogP) is 5.52. The lowest BCUT2D eigenvalue weighted by molar-refractivity contribution is 0.419. The Kier molecular flexibility index (Phi) is 3.37.